The zero-order valence-electron chi connectivity index (χ0n) is 25.4. The van der Waals surface area contributed by atoms with E-state index in [1.165, 1.54) is 57.8 Å². The van der Waals surface area contributed by atoms with Crippen LogP contribution in [0.5, 0.6) is 0 Å². The van der Waals surface area contributed by atoms with Crippen molar-refractivity contribution < 1.29 is 55.0 Å². The highest BCUT2D eigenvalue weighted by molar-refractivity contribution is 7.80. The third-order valence-corrected chi connectivity index (χ3v) is 6.17. The predicted molar refractivity (Wildman–Crippen MR) is 156 cm³/mol. The van der Waals surface area contributed by atoms with Gasteiger partial charge in [0.1, 0.15) is 0 Å². The Kier molecular flexibility index (Phi) is 33.7. The van der Waals surface area contributed by atoms with Crippen LogP contribution >= 0.6 is 0 Å². The molecule has 0 aliphatic heterocycles. The summed E-state index contributed by atoms with van der Waals surface area (Å²) in [5.41, 5.74) is 0. The molecule has 0 rings (SSSR count). The molecule has 0 aliphatic carbocycles. The summed E-state index contributed by atoms with van der Waals surface area (Å²) in [6, 6.07) is 0. The Morgan fingerprint density at radius 3 is 0.902 bits per heavy atom. The summed E-state index contributed by atoms with van der Waals surface area (Å²) in [5.74, 6) is 0. The van der Waals surface area contributed by atoms with E-state index in [1.807, 2.05) is 0 Å². The van der Waals surface area contributed by atoms with Gasteiger partial charge in [-0.3, -0.25) is 4.55 Å². The molecule has 13 heteroatoms. The van der Waals surface area contributed by atoms with Crippen LogP contribution in [0.4, 0.5) is 0 Å². The molecule has 0 heterocycles. The number of rotatable bonds is 36. The monoisotopic (exact) mass is 618 g/mol. The van der Waals surface area contributed by atoms with Crippen molar-refractivity contribution in [2.45, 2.75) is 71.1 Å². The van der Waals surface area contributed by atoms with Crippen LogP contribution in [0.2, 0.25) is 0 Å². The Balaban J connectivity index is 3.05. The fourth-order valence-electron chi connectivity index (χ4n) is 3.53. The van der Waals surface area contributed by atoms with E-state index in [9.17, 15) is 8.42 Å². The minimum atomic E-state index is -4.41. The number of unbranched alkanes of at least 4 members (excludes halogenated alkanes) is 9. The second kappa shape index (κ2) is 34.0. The van der Waals surface area contributed by atoms with E-state index in [0.717, 1.165) is 13.0 Å². The molecule has 0 unspecified atom stereocenters. The highest BCUT2D eigenvalue weighted by Crippen LogP contribution is 2.10. The minimum absolute atomic E-state index is 0.0401. The maximum absolute atomic E-state index is 10.3. The molecular weight excluding hydrogens is 560 g/mol. The summed E-state index contributed by atoms with van der Waals surface area (Å²) >= 11 is 0. The molecule has 0 aliphatic rings. The van der Waals surface area contributed by atoms with E-state index >= 15 is 0 Å². The molecule has 41 heavy (non-hydrogen) atoms. The molecule has 0 saturated heterocycles. The van der Waals surface area contributed by atoms with Gasteiger partial charge in [-0.05, 0) is 6.42 Å². The molecular formula is C28H58O12S. The quantitative estimate of drug-likeness (QED) is 0.0806. The van der Waals surface area contributed by atoms with Gasteiger partial charge in [-0.15, -0.1) is 0 Å². The molecule has 0 saturated carbocycles. The topological polar surface area (TPSA) is 137 Å². The first-order valence-corrected chi connectivity index (χ1v) is 16.7. The molecule has 0 spiro atoms. The summed E-state index contributed by atoms with van der Waals surface area (Å²) in [7, 11) is -4.41. The Bertz CT molecular complexity index is 595. The van der Waals surface area contributed by atoms with Crippen LogP contribution < -0.4 is 0 Å². The molecule has 0 radical (unpaired) electrons. The second-order valence-electron chi connectivity index (χ2n) is 9.33. The largest absolute Gasteiger partial charge is 0.397 e. The van der Waals surface area contributed by atoms with Crippen LogP contribution in [0.15, 0.2) is 0 Å². The van der Waals surface area contributed by atoms with Crippen molar-refractivity contribution in [3.05, 3.63) is 0 Å². The van der Waals surface area contributed by atoms with Gasteiger partial charge in [0.25, 0.3) is 0 Å². The maximum atomic E-state index is 10.3. The first-order chi connectivity index (χ1) is 20.1. The Morgan fingerprint density at radius 2 is 0.610 bits per heavy atom. The fraction of sp³-hybridized carbons (Fsp3) is 1.00. The SMILES string of the molecule is CCCCCCCCCCCCOCCOCCOCCOCCOCCOCCOCCOCCOS(=O)(=O)O. The first kappa shape index (κ1) is 40.5. The average molecular weight is 619 g/mol. The molecule has 248 valence electrons. The number of hydrogen-bond donors (Lipinski definition) is 1. The van der Waals surface area contributed by atoms with Crippen molar-refractivity contribution in [1.82, 2.24) is 0 Å². The van der Waals surface area contributed by atoms with Crippen LogP contribution in [0.25, 0.3) is 0 Å². The van der Waals surface area contributed by atoms with Crippen molar-refractivity contribution in [3.8, 4) is 0 Å². The molecule has 0 aromatic heterocycles. The molecule has 12 nitrogen and oxygen atoms in total. The lowest BCUT2D eigenvalue weighted by molar-refractivity contribution is -0.0237. The molecule has 1 N–H and O–H groups in total. The van der Waals surface area contributed by atoms with Gasteiger partial charge in [-0.25, -0.2) is 4.18 Å². The Morgan fingerprint density at radius 1 is 0.366 bits per heavy atom. The van der Waals surface area contributed by atoms with Gasteiger partial charge in [0.15, 0.2) is 0 Å². The van der Waals surface area contributed by atoms with Crippen LogP contribution in [0.1, 0.15) is 71.1 Å². The molecule has 0 bridgehead atoms. The van der Waals surface area contributed by atoms with Gasteiger partial charge < -0.3 is 37.9 Å². The van der Waals surface area contributed by atoms with Crippen molar-refractivity contribution in [2.75, 3.05) is 112 Å². The average Bonchev–Trinajstić information content (AvgIpc) is 2.94. The third-order valence-electron chi connectivity index (χ3n) is 5.71. The highest BCUT2D eigenvalue weighted by atomic mass is 32.3. The fourth-order valence-corrected chi connectivity index (χ4v) is 3.81. The zero-order valence-corrected chi connectivity index (χ0v) is 26.3. The summed E-state index contributed by atoms with van der Waals surface area (Å²) in [4.78, 5) is 0. The van der Waals surface area contributed by atoms with Gasteiger partial charge in [0.2, 0.25) is 0 Å². The summed E-state index contributed by atoms with van der Waals surface area (Å²) in [6.45, 7) is 9.61. The van der Waals surface area contributed by atoms with Gasteiger partial charge in [0, 0.05) is 6.61 Å². The number of ether oxygens (including phenoxy) is 8. The van der Waals surface area contributed by atoms with Crippen LogP contribution in [0, 0.1) is 0 Å². The van der Waals surface area contributed by atoms with Crippen molar-refractivity contribution in [1.29, 1.82) is 0 Å². The van der Waals surface area contributed by atoms with E-state index in [1.54, 1.807) is 0 Å². The minimum Gasteiger partial charge on any atom is -0.379 e. The number of hydrogen-bond acceptors (Lipinski definition) is 11. The van der Waals surface area contributed by atoms with Crippen LogP contribution in [-0.4, -0.2) is 125 Å². The first-order valence-electron chi connectivity index (χ1n) is 15.3. The normalized spacial score (nSPS) is 12.0. The lowest BCUT2D eigenvalue weighted by atomic mass is 10.1. The zero-order chi connectivity index (χ0) is 30.0. The summed E-state index contributed by atoms with van der Waals surface area (Å²) in [5, 5.41) is 0. The van der Waals surface area contributed by atoms with Crippen LogP contribution in [0.3, 0.4) is 0 Å². The van der Waals surface area contributed by atoms with E-state index < -0.39 is 10.4 Å². The molecule has 0 aromatic carbocycles. The smallest absolute Gasteiger partial charge is 0.379 e. The van der Waals surface area contributed by atoms with E-state index in [4.69, 9.17) is 42.4 Å². The highest BCUT2D eigenvalue weighted by Gasteiger charge is 2.03. The lowest BCUT2D eigenvalue weighted by Gasteiger charge is -2.08. The Hall–Kier alpha value is -0.450. The molecule has 0 aromatic rings. The molecule has 0 atom stereocenters. The summed E-state index contributed by atoms with van der Waals surface area (Å²) in [6.07, 6.45) is 13.3. The standard InChI is InChI=1S/C28H58O12S/c1-2-3-4-5-6-7-8-9-10-11-12-32-13-14-33-15-16-34-17-18-35-19-20-36-21-22-37-23-24-38-25-26-39-27-28-40-41(29,30)31/h2-28H2,1H3,(H,29,30,31). The second-order valence-corrected chi connectivity index (χ2v) is 10.4. The lowest BCUT2D eigenvalue weighted by Crippen LogP contribution is -2.15. The van der Waals surface area contributed by atoms with E-state index in [2.05, 4.69) is 11.1 Å². The van der Waals surface area contributed by atoms with Crippen LogP contribution in [-0.2, 0) is 52.5 Å². The van der Waals surface area contributed by atoms with Gasteiger partial charge in [0.05, 0.1) is 106 Å². The van der Waals surface area contributed by atoms with Gasteiger partial charge in [-0.1, -0.05) is 64.7 Å². The van der Waals surface area contributed by atoms with Crippen molar-refractivity contribution in [3.63, 3.8) is 0 Å². The third kappa shape index (κ3) is 39.5. The van der Waals surface area contributed by atoms with Crippen molar-refractivity contribution in [2.24, 2.45) is 0 Å². The van der Waals surface area contributed by atoms with Gasteiger partial charge >= 0.3 is 10.4 Å². The van der Waals surface area contributed by atoms with E-state index in [0.29, 0.717) is 85.9 Å². The summed E-state index contributed by atoms with van der Waals surface area (Å²) < 4.78 is 76.4. The maximum Gasteiger partial charge on any atom is 0.397 e. The predicted octanol–water partition coefficient (Wildman–Crippen LogP) is 3.86. The van der Waals surface area contributed by atoms with E-state index in [-0.39, 0.29) is 19.8 Å². The Labute approximate surface area is 248 Å². The molecule has 0 fully saturated rings. The molecule has 0 amide bonds. The van der Waals surface area contributed by atoms with Crippen molar-refractivity contribution >= 4 is 10.4 Å². The van der Waals surface area contributed by atoms with Gasteiger partial charge in [-0.2, -0.15) is 8.42 Å².